The number of thioether (sulfide) groups is 1. The molecule has 7 heteroatoms. The number of H-pyrrole nitrogens is 1. The monoisotopic (exact) mass is 268 g/mol. The van der Waals surface area contributed by atoms with Gasteiger partial charge in [-0.05, 0) is 24.5 Å². The topological polar surface area (TPSA) is 74.2 Å². The van der Waals surface area contributed by atoms with Gasteiger partial charge in [0, 0.05) is 16.8 Å². The molecule has 88 valence electrons. The Morgan fingerprint density at radius 1 is 1.53 bits per heavy atom. The highest BCUT2D eigenvalue weighted by molar-refractivity contribution is 7.98. The van der Waals surface area contributed by atoms with Crippen molar-refractivity contribution < 1.29 is 5.11 Å². The van der Waals surface area contributed by atoms with Crippen molar-refractivity contribution >= 4 is 35.5 Å². The van der Waals surface area contributed by atoms with E-state index in [4.69, 9.17) is 11.6 Å². The Kier molecular flexibility index (Phi) is 3.65. The van der Waals surface area contributed by atoms with Crippen molar-refractivity contribution in [1.29, 1.82) is 0 Å². The van der Waals surface area contributed by atoms with Gasteiger partial charge in [0.05, 0.1) is 0 Å². The molecule has 0 radical (unpaired) electrons. The zero-order chi connectivity index (χ0) is 12.3. The molecule has 0 unspecified atom stereocenters. The van der Waals surface area contributed by atoms with Crippen molar-refractivity contribution in [2.24, 2.45) is 4.99 Å². The number of nitrogens with one attached hydrogen (secondary N) is 1. The fraction of sp³-hybridized carbons (Fsp3) is 0.100. The summed E-state index contributed by atoms with van der Waals surface area (Å²) in [6.07, 6.45) is 3.35. The molecule has 0 spiro atoms. The molecule has 2 N–H and O–H groups in total. The zero-order valence-corrected chi connectivity index (χ0v) is 10.5. The number of aromatic nitrogens is 3. The summed E-state index contributed by atoms with van der Waals surface area (Å²) in [4.78, 5) is 8.14. The molecule has 17 heavy (non-hydrogen) atoms. The number of benzene rings is 1. The van der Waals surface area contributed by atoms with Gasteiger partial charge in [0.25, 0.3) is 0 Å². The van der Waals surface area contributed by atoms with E-state index in [2.05, 4.69) is 20.2 Å². The normalized spacial score (nSPS) is 11.2. The molecule has 1 heterocycles. The first-order valence-corrected chi connectivity index (χ1v) is 6.28. The van der Waals surface area contributed by atoms with Crippen LogP contribution in [0.4, 0.5) is 5.95 Å². The molecule has 1 aromatic heterocycles. The second-order valence-electron chi connectivity index (χ2n) is 3.11. The summed E-state index contributed by atoms with van der Waals surface area (Å²) in [5.74, 6) is 0.497. The average molecular weight is 269 g/mol. The Bertz CT molecular complexity index is 555. The highest BCUT2D eigenvalue weighted by atomic mass is 35.5. The predicted molar refractivity (Wildman–Crippen MR) is 68.5 cm³/mol. The van der Waals surface area contributed by atoms with Crippen LogP contribution in [0.3, 0.4) is 0 Å². The fourth-order valence-electron chi connectivity index (χ4n) is 1.15. The smallest absolute Gasteiger partial charge is 0.246 e. The van der Waals surface area contributed by atoms with Crippen molar-refractivity contribution in [2.75, 3.05) is 6.26 Å². The second-order valence-corrected chi connectivity index (χ2v) is 4.32. The van der Waals surface area contributed by atoms with E-state index in [1.54, 1.807) is 12.1 Å². The number of hydrogen-bond acceptors (Lipinski definition) is 5. The van der Waals surface area contributed by atoms with Gasteiger partial charge in [-0.25, -0.2) is 10.1 Å². The van der Waals surface area contributed by atoms with E-state index >= 15 is 0 Å². The molecule has 0 bridgehead atoms. The highest BCUT2D eigenvalue weighted by Crippen LogP contribution is 2.20. The molecular formula is C10H9ClN4OS. The van der Waals surface area contributed by atoms with Gasteiger partial charge in [0.2, 0.25) is 11.1 Å². The number of aliphatic imine (C=N–C) groups is 1. The number of phenolic OH excluding ortho intramolecular Hbond substituents is 1. The number of aromatic hydroxyl groups is 1. The molecule has 0 atom stereocenters. The van der Waals surface area contributed by atoms with E-state index in [0.717, 1.165) is 0 Å². The van der Waals surface area contributed by atoms with Crippen LogP contribution < -0.4 is 0 Å². The second kappa shape index (κ2) is 5.20. The number of nitrogens with zero attached hydrogens (tertiary/aromatic N) is 3. The van der Waals surface area contributed by atoms with Crippen molar-refractivity contribution in [3.63, 3.8) is 0 Å². The molecule has 1 aromatic carbocycles. The molecule has 2 aromatic rings. The third-order valence-electron chi connectivity index (χ3n) is 1.95. The summed E-state index contributed by atoms with van der Waals surface area (Å²) < 4.78 is 0. The maximum absolute atomic E-state index is 9.56. The first-order chi connectivity index (χ1) is 8.19. The van der Waals surface area contributed by atoms with Crippen LogP contribution in [0.15, 0.2) is 28.3 Å². The van der Waals surface area contributed by atoms with E-state index in [1.165, 1.54) is 24.0 Å². The van der Waals surface area contributed by atoms with Crippen LogP contribution in [-0.2, 0) is 0 Å². The Hall–Kier alpha value is -1.53. The van der Waals surface area contributed by atoms with E-state index in [9.17, 15) is 5.11 Å². The first-order valence-electron chi connectivity index (χ1n) is 4.68. The Morgan fingerprint density at radius 3 is 3.06 bits per heavy atom. The van der Waals surface area contributed by atoms with E-state index in [-0.39, 0.29) is 5.75 Å². The molecule has 2 rings (SSSR count). The maximum atomic E-state index is 9.56. The molecule has 0 aliphatic carbocycles. The van der Waals surface area contributed by atoms with Gasteiger partial charge in [0.1, 0.15) is 5.75 Å². The number of aromatic amines is 1. The molecular weight excluding hydrogens is 260 g/mol. The number of hydrogen-bond donors (Lipinski definition) is 2. The van der Waals surface area contributed by atoms with E-state index in [0.29, 0.717) is 21.7 Å². The molecule has 0 amide bonds. The minimum Gasteiger partial charge on any atom is -0.507 e. The Morgan fingerprint density at radius 2 is 2.35 bits per heavy atom. The Labute approximate surface area is 107 Å². The summed E-state index contributed by atoms with van der Waals surface area (Å²) in [5.41, 5.74) is 0.527. The maximum Gasteiger partial charge on any atom is 0.246 e. The predicted octanol–water partition coefficient (Wildman–Crippen LogP) is 2.64. The molecule has 0 saturated carbocycles. The minimum atomic E-state index is 0.114. The van der Waals surface area contributed by atoms with Crippen LogP contribution in [0.25, 0.3) is 0 Å². The lowest BCUT2D eigenvalue weighted by Gasteiger charge is -1.97. The van der Waals surface area contributed by atoms with Gasteiger partial charge >= 0.3 is 0 Å². The first kappa shape index (κ1) is 11.9. The number of rotatable bonds is 3. The van der Waals surface area contributed by atoms with Crippen LogP contribution in [0.5, 0.6) is 5.75 Å². The van der Waals surface area contributed by atoms with Crippen molar-refractivity contribution in [1.82, 2.24) is 15.2 Å². The summed E-state index contributed by atoms with van der Waals surface area (Å²) in [7, 11) is 0. The van der Waals surface area contributed by atoms with Crippen LogP contribution in [0.1, 0.15) is 5.56 Å². The van der Waals surface area contributed by atoms with Crippen LogP contribution >= 0.6 is 23.4 Å². The van der Waals surface area contributed by atoms with Gasteiger partial charge in [-0.3, -0.25) is 0 Å². The van der Waals surface area contributed by atoms with Gasteiger partial charge in [-0.1, -0.05) is 23.4 Å². The van der Waals surface area contributed by atoms with Gasteiger partial charge < -0.3 is 5.11 Å². The summed E-state index contributed by atoms with van der Waals surface area (Å²) in [6.45, 7) is 0. The Balaban J connectivity index is 2.22. The van der Waals surface area contributed by atoms with Crippen LogP contribution in [-0.4, -0.2) is 32.8 Å². The highest BCUT2D eigenvalue weighted by Gasteiger charge is 2.01. The SMILES string of the molecule is CSc1n[nH]c(/N=C/c2cc(Cl)ccc2O)n1. The third-order valence-corrected chi connectivity index (χ3v) is 2.73. The minimum absolute atomic E-state index is 0.114. The quantitative estimate of drug-likeness (QED) is 0.663. The van der Waals surface area contributed by atoms with Crippen LogP contribution in [0.2, 0.25) is 5.02 Å². The van der Waals surface area contributed by atoms with Gasteiger partial charge in [-0.2, -0.15) is 4.98 Å². The molecule has 0 aliphatic heterocycles. The number of phenols is 1. The van der Waals surface area contributed by atoms with E-state index in [1.807, 2.05) is 6.26 Å². The molecule has 5 nitrogen and oxygen atoms in total. The lowest BCUT2D eigenvalue weighted by atomic mass is 10.2. The van der Waals surface area contributed by atoms with E-state index < -0.39 is 0 Å². The lowest BCUT2D eigenvalue weighted by Crippen LogP contribution is -1.82. The average Bonchev–Trinajstić information content (AvgIpc) is 2.78. The largest absolute Gasteiger partial charge is 0.507 e. The van der Waals surface area contributed by atoms with Gasteiger partial charge in [0.15, 0.2) is 0 Å². The van der Waals surface area contributed by atoms with Crippen molar-refractivity contribution in [2.45, 2.75) is 5.16 Å². The van der Waals surface area contributed by atoms with Crippen molar-refractivity contribution in [3.8, 4) is 5.75 Å². The summed E-state index contributed by atoms with van der Waals surface area (Å²) >= 11 is 7.23. The van der Waals surface area contributed by atoms with Crippen molar-refractivity contribution in [3.05, 3.63) is 28.8 Å². The lowest BCUT2D eigenvalue weighted by molar-refractivity contribution is 0.474. The molecule has 0 saturated heterocycles. The summed E-state index contributed by atoms with van der Waals surface area (Å²) in [5, 5.41) is 17.3. The zero-order valence-electron chi connectivity index (χ0n) is 8.88. The van der Waals surface area contributed by atoms with Gasteiger partial charge in [-0.15, -0.1) is 5.10 Å². The fourth-order valence-corrected chi connectivity index (χ4v) is 1.64. The molecule has 0 fully saturated rings. The number of halogens is 1. The van der Waals surface area contributed by atoms with Crippen LogP contribution in [0, 0.1) is 0 Å². The standard InChI is InChI=1S/C10H9ClN4OS/c1-17-10-13-9(14-15-10)12-5-6-4-7(11)2-3-8(6)16/h2-5,16H,1H3,(H,13,14,15)/b12-5+. The molecule has 0 aliphatic rings. The summed E-state index contributed by atoms with van der Waals surface area (Å²) in [6, 6.07) is 4.73. The third kappa shape index (κ3) is 2.98.